The molecule has 2 aromatic rings. The molecule has 0 amide bonds. The van der Waals surface area contributed by atoms with Gasteiger partial charge in [-0.05, 0) is 29.9 Å². The highest BCUT2D eigenvalue weighted by Gasteiger charge is 2.18. The summed E-state index contributed by atoms with van der Waals surface area (Å²) in [6, 6.07) is 4.15. The van der Waals surface area contributed by atoms with E-state index in [0.29, 0.717) is 6.42 Å². The largest absolute Gasteiger partial charge is 0.387 e. The van der Waals surface area contributed by atoms with Gasteiger partial charge in [-0.1, -0.05) is 0 Å². The summed E-state index contributed by atoms with van der Waals surface area (Å²) in [6.45, 7) is 0. The zero-order chi connectivity index (χ0) is 12.5. The zero-order valence-electron chi connectivity index (χ0n) is 10.3. The maximum atomic E-state index is 10.3. The Morgan fingerprint density at radius 2 is 2.44 bits per heavy atom. The summed E-state index contributed by atoms with van der Waals surface area (Å²) in [7, 11) is 1.90. The van der Waals surface area contributed by atoms with Gasteiger partial charge in [0.2, 0.25) is 0 Å². The summed E-state index contributed by atoms with van der Waals surface area (Å²) in [5, 5.41) is 14.6. The molecule has 0 saturated heterocycles. The Bertz CT molecular complexity index is 523. The van der Waals surface area contributed by atoms with Crippen LogP contribution in [-0.2, 0) is 25.6 Å². The van der Waals surface area contributed by atoms with Gasteiger partial charge in [-0.25, -0.2) is 0 Å². The van der Waals surface area contributed by atoms with Crippen molar-refractivity contribution in [2.75, 3.05) is 5.75 Å². The lowest BCUT2D eigenvalue weighted by Gasteiger charge is -2.08. The monoisotopic (exact) mass is 280 g/mol. The van der Waals surface area contributed by atoms with Gasteiger partial charge < -0.3 is 5.11 Å². The van der Waals surface area contributed by atoms with Crippen LogP contribution >= 0.6 is 23.1 Å². The average molecular weight is 280 g/mol. The molecule has 0 fully saturated rings. The van der Waals surface area contributed by atoms with Crippen LogP contribution in [0.5, 0.6) is 0 Å². The van der Waals surface area contributed by atoms with E-state index in [2.05, 4.69) is 11.2 Å². The lowest BCUT2D eigenvalue weighted by Crippen LogP contribution is -2.01. The van der Waals surface area contributed by atoms with Gasteiger partial charge >= 0.3 is 0 Å². The van der Waals surface area contributed by atoms with E-state index in [4.69, 9.17) is 0 Å². The number of thioether (sulfide) groups is 1. The molecule has 1 N–H and O–H groups in total. The van der Waals surface area contributed by atoms with Crippen LogP contribution < -0.4 is 0 Å². The molecule has 1 atom stereocenters. The van der Waals surface area contributed by atoms with Crippen LogP contribution in [0.3, 0.4) is 0 Å². The van der Waals surface area contributed by atoms with Crippen molar-refractivity contribution < 1.29 is 5.11 Å². The second-order valence-corrected chi connectivity index (χ2v) is 6.87. The first-order valence-electron chi connectivity index (χ1n) is 6.08. The minimum absolute atomic E-state index is 0.416. The highest BCUT2D eigenvalue weighted by Crippen LogP contribution is 2.35. The van der Waals surface area contributed by atoms with Gasteiger partial charge in [-0.15, -0.1) is 11.3 Å². The summed E-state index contributed by atoms with van der Waals surface area (Å²) in [4.78, 5) is 2.55. The predicted octanol–water partition coefficient (Wildman–Crippen LogP) is 2.55. The van der Waals surface area contributed by atoms with Crippen LogP contribution in [0, 0.1) is 0 Å². The average Bonchev–Trinajstić information content (AvgIpc) is 2.95. The van der Waals surface area contributed by atoms with E-state index < -0.39 is 6.10 Å². The number of hydrogen-bond acceptors (Lipinski definition) is 4. The number of thiophene rings is 1. The first-order valence-corrected chi connectivity index (χ1v) is 8.05. The SMILES string of the molecule is Cn1ccc(CC(O)c2cc3c(s2)CCSC3)n1. The van der Waals surface area contributed by atoms with E-state index in [1.165, 1.54) is 16.2 Å². The van der Waals surface area contributed by atoms with Gasteiger partial charge in [0.15, 0.2) is 0 Å². The molecule has 1 aliphatic heterocycles. The second kappa shape index (κ2) is 5.07. The number of fused-ring (bicyclic) bond motifs is 1. The van der Waals surface area contributed by atoms with E-state index in [1.807, 2.05) is 31.1 Å². The maximum Gasteiger partial charge on any atom is 0.0938 e. The lowest BCUT2D eigenvalue weighted by atomic mass is 10.1. The standard InChI is InChI=1S/C13H16N2OS2/c1-15-4-2-10(14-15)7-11(16)13-6-9-8-17-5-3-12(9)18-13/h2,4,6,11,16H,3,5,7-8H2,1H3. The number of hydrogen-bond donors (Lipinski definition) is 1. The number of aryl methyl sites for hydroxylation is 2. The number of aliphatic hydroxyl groups excluding tert-OH is 1. The van der Waals surface area contributed by atoms with E-state index >= 15 is 0 Å². The topological polar surface area (TPSA) is 38.0 Å². The van der Waals surface area contributed by atoms with Crippen molar-refractivity contribution in [1.82, 2.24) is 9.78 Å². The first kappa shape index (κ1) is 12.3. The predicted molar refractivity (Wildman–Crippen MR) is 76.1 cm³/mol. The van der Waals surface area contributed by atoms with Crippen molar-refractivity contribution in [2.45, 2.75) is 24.7 Å². The Morgan fingerprint density at radius 1 is 1.56 bits per heavy atom. The third kappa shape index (κ3) is 2.48. The van der Waals surface area contributed by atoms with Crippen LogP contribution in [-0.4, -0.2) is 20.6 Å². The quantitative estimate of drug-likeness (QED) is 0.939. The molecule has 18 heavy (non-hydrogen) atoms. The molecule has 3 rings (SSSR count). The first-order chi connectivity index (χ1) is 8.72. The molecule has 0 radical (unpaired) electrons. The number of aliphatic hydroxyl groups is 1. The molecule has 0 aromatic carbocycles. The molecule has 0 saturated carbocycles. The van der Waals surface area contributed by atoms with Crippen molar-refractivity contribution in [1.29, 1.82) is 0 Å². The smallest absolute Gasteiger partial charge is 0.0938 e. The minimum Gasteiger partial charge on any atom is -0.387 e. The Hall–Kier alpha value is -0.780. The maximum absolute atomic E-state index is 10.3. The fourth-order valence-corrected chi connectivity index (χ4v) is 4.57. The molecular formula is C13H16N2OS2. The van der Waals surface area contributed by atoms with Crippen molar-refractivity contribution in [3.8, 4) is 0 Å². The molecule has 2 aromatic heterocycles. The molecule has 0 bridgehead atoms. The van der Waals surface area contributed by atoms with E-state index in [1.54, 1.807) is 16.0 Å². The van der Waals surface area contributed by atoms with Crippen molar-refractivity contribution >= 4 is 23.1 Å². The normalized spacial score (nSPS) is 16.6. The van der Waals surface area contributed by atoms with E-state index in [-0.39, 0.29) is 0 Å². The van der Waals surface area contributed by atoms with Gasteiger partial charge in [0, 0.05) is 35.2 Å². The molecule has 1 aliphatic rings. The Labute approximate surface area is 115 Å². The number of aromatic nitrogens is 2. The van der Waals surface area contributed by atoms with E-state index in [9.17, 15) is 5.11 Å². The van der Waals surface area contributed by atoms with Crippen LogP contribution in [0.2, 0.25) is 0 Å². The summed E-state index contributed by atoms with van der Waals surface area (Å²) in [6.07, 6.45) is 3.26. The Kier molecular flexibility index (Phi) is 3.46. The third-order valence-corrected chi connectivity index (χ3v) is 5.49. The van der Waals surface area contributed by atoms with Crippen molar-refractivity contribution in [3.05, 3.63) is 39.3 Å². The Balaban J connectivity index is 1.75. The third-order valence-electron chi connectivity index (χ3n) is 3.15. The van der Waals surface area contributed by atoms with E-state index in [0.717, 1.165) is 22.7 Å². The molecular weight excluding hydrogens is 264 g/mol. The highest BCUT2D eigenvalue weighted by atomic mass is 32.2. The minimum atomic E-state index is -0.416. The summed E-state index contributed by atoms with van der Waals surface area (Å²) < 4.78 is 1.78. The molecule has 0 aliphatic carbocycles. The molecule has 1 unspecified atom stereocenters. The summed E-state index contributed by atoms with van der Waals surface area (Å²) in [5.74, 6) is 2.31. The molecule has 3 nitrogen and oxygen atoms in total. The zero-order valence-corrected chi connectivity index (χ0v) is 11.9. The van der Waals surface area contributed by atoms with Crippen LogP contribution in [0.4, 0.5) is 0 Å². The number of nitrogens with zero attached hydrogens (tertiary/aromatic N) is 2. The van der Waals surface area contributed by atoms with Crippen molar-refractivity contribution in [3.63, 3.8) is 0 Å². The van der Waals surface area contributed by atoms with Crippen LogP contribution in [0.15, 0.2) is 18.3 Å². The highest BCUT2D eigenvalue weighted by molar-refractivity contribution is 7.98. The molecule has 0 spiro atoms. The van der Waals surface area contributed by atoms with Crippen LogP contribution in [0.1, 0.15) is 27.1 Å². The molecule has 96 valence electrons. The van der Waals surface area contributed by atoms with Gasteiger partial charge in [0.25, 0.3) is 0 Å². The molecule has 3 heterocycles. The molecule has 5 heteroatoms. The van der Waals surface area contributed by atoms with Gasteiger partial charge in [0.1, 0.15) is 0 Å². The lowest BCUT2D eigenvalue weighted by molar-refractivity contribution is 0.181. The fourth-order valence-electron chi connectivity index (χ4n) is 2.21. The summed E-state index contributed by atoms with van der Waals surface area (Å²) >= 11 is 3.75. The van der Waals surface area contributed by atoms with Crippen LogP contribution in [0.25, 0.3) is 0 Å². The second-order valence-electron chi connectivity index (χ2n) is 4.60. The van der Waals surface area contributed by atoms with Gasteiger partial charge in [-0.2, -0.15) is 16.9 Å². The number of rotatable bonds is 3. The Morgan fingerprint density at radius 3 is 3.17 bits per heavy atom. The fraction of sp³-hybridized carbons (Fsp3) is 0.462. The van der Waals surface area contributed by atoms with Crippen molar-refractivity contribution in [2.24, 2.45) is 7.05 Å². The van der Waals surface area contributed by atoms with Gasteiger partial charge in [-0.3, -0.25) is 4.68 Å². The van der Waals surface area contributed by atoms with Gasteiger partial charge in [0.05, 0.1) is 11.8 Å². The summed E-state index contributed by atoms with van der Waals surface area (Å²) in [5.41, 5.74) is 2.37.